The largest absolute Gasteiger partial charge is 0.478 e. The Morgan fingerprint density at radius 1 is 0.619 bits per heavy atom. The van der Waals surface area contributed by atoms with E-state index in [9.17, 15) is 19.5 Å². The normalized spacial score (nSPS) is 14.2. The molecule has 0 saturated carbocycles. The van der Waals surface area contributed by atoms with Crippen LogP contribution in [0.2, 0.25) is 0 Å². The summed E-state index contributed by atoms with van der Waals surface area (Å²) in [5, 5.41) is 16.5. The van der Waals surface area contributed by atoms with Gasteiger partial charge in [-0.15, -0.1) is 0 Å². The third-order valence-electron chi connectivity index (χ3n) is 8.79. The fraction of sp³-hybridized carbons (Fsp3) is 0.216. The fourth-order valence-corrected chi connectivity index (χ4v) is 6.71. The van der Waals surface area contributed by atoms with Gasteiger partial charge in [-0.05, 0) is 83.9 Å². The van der Waals surface area contributed by atoms with Crippen LogP contribution in [0.25, 0.3) is 43.1 Å². The van der Waals surface area contributed by atoms with Crippen molar-refractivity contribution < 1.29 is 19.5 Å². The molecule has 0 atom stereocenters. The highest BCUT2D eigenvalue weighted by atomic mass is 16.4. The highest BCUT2D eigenvalue weighted by Crippen LogP contribution is 2.46. The van der Waals surface area contributed by atoms with E-state index in [0.29, 0.717) is 27.6 Å². The third kappa shape index (κ3) is 3.46. The van der Waals surface area contributed by atoms with Crippen molar-refractivity contribution in [3.05, 3.63) is 101 Å². The number of fused-ring (bicyclic) bond motifs is 2. The van der Waals surface area contributed by atoms with Gasteiger partial charge in [0.15, 0.2) is 0 Å². The molecular weight excluding hydrogens is 522 g/mol. The van der Waals surface area contributed by atoms with Crippen LogP contribution in [-0.2, 0) is 10.8 Å². The second-order valence-electron chi connectivity index (χ2n) is 13.4. The van der Waals surface area contributed by atoms with Crippen LogP contribution in [0.1, 0.15) is 83.7 Å². The molecule has 208 valence electrons. The molecule has 0 saturated heterocycles. The van der Waals surface area contributed by atoms with Crippen molar-refractivity contribution in [2.75, 3.05) is 4.90 Å². The number of aromatic carboxylic acids is 1. The number of benzene rings is 6. The molecule has 0 radical (unpaired) electrons. The smallest absolute Gasteiger partial charge is 0.336 e. The number of hydrogen-bond acceptors (Lipinski definition) is 3. The Balaban J connectivity index is 1.54. The fourth-order valence-electron chi connectivity index (χ4n) is 6.71. The summed E-state index contributed by atoms with van der Waals surface area (Å²) in [4.78, 5) is 42.1. The van der Waals surface area contributed by atoms with Gasteiger partial charge in [-0.1, -0.05) is 90.1 Å². The molecule has 1 aliphatic heterocycles. The van der Waals surface area contributed by atoms with Crippen LogP contribution >= 0.6 is 0 Å². The van der Waals surface area contributed by atoms with Crippen molar-refractivity contribution in [2.24, 2.45) is 0 Å². The summed E-state index contributed by atoms with van der Waals surface area (Å²) >= 11 is 0. The van der Waals surface area contributed by atoms with Gasteiger partial charge in [0, 0.05) is 16.5 Å². The van der Waals surface area contributed by atoms with Gasteiger partial charge in [-0.2, -0.15) is 0 Å². The molecule has 0 unspecified atom stereocenters. The zero-order valence-electron chi connectivity index (χ0n) is 24.5. The number of carbonyl (C=O) groups is 3. The predicted molar refractivity (Wildman–Crippen MR) is 170 cm³/mol. The van der Waals surface area contributed by atoms with Crippen LogP contribution in [0, 0.1) is 0 Å². The van der Waals surface area contributed by atoms with E-state index in [0.717, 1.165) is 43.4 Å². The van der Waals surface area contributed by atoms with Gasteiger partial charge in [0.2, 0.25) is 0 Å². The lowest BCUT2D eigenvalue weighted by molar-refractivity contribution is 0.0698. The number of carbonyl (C=O) groups excluding carboxylic acids is 2. The molecule has 0 fully saturated rings. The molecule has 1 heterocycles. The van der Waals surface area contributed by atoms with Crippen molar-refractivity contribution in [1.29, 1.82) is 0 Å². The monoisotopic (exact) mass is 553 g/mol. The van der Waals surface area contributed by atoms with E-state index in [1.807, 2.05) is 54.6 Å². The van der Waals surface area contributed by atoms with Crippen LogP contribution < -0.4 is 4.90 Å². The molecule has 7 rings (SSSR count). The lowest BCUT2D eigenvalue weighted by atomic mass is 9.80. The second-order valence-corrected chi connectivity index (χ2v) is 13.4. The van der Waals surface area contributed by atoms with Crippen molar-refractivity contribution in [3.8, 4) is 0 Å². The number of hydrogen-bond donors (Lipinski definition) is 1. The number of carboxylic acids is 1. The minimum absolute atomic E-state index is 0.166. The molecule has 42 heavy (non-hydrogen) atoms. The zero-order chi connectivity index (χ0) is 29.9. The van der Waals surface area contributed by atoms with E-state index in [1.165, 1.54) is 4.90 Å². The minimum atomic E-state index is -0.976. The van der Waals surface area contributed by atoms with E-state index in [4.69, 9.17) is 0 Å². The Bertz CT molecular complexity index is 2110. The van der Waals surface area contributed by atoms with Crippen LogP contribution in [-0.4, -0.2) is 22.9 Å². The summed E-state index contributed by atoms with van der Waals surface area (Å²) in [6.07, 6.45) is 0. The van der Waals surface area contributed by atoms with Crippen LogP contribution in [0.3, 0.4) is 0 Å². The molecule has 6 aromatic rings. The first-order chi connectivity index (χ1) is 19.8. The van der Waals surface area contributed by atoms with Gasteiger partial charge in [-0.25, -0.2) is 9.69 Å². The number of nitrogens with zero attached hydrogens (tertiary/aromatic N) is 1. The summed E-state index contributed by atoms with van der Waals surface area (Å²) in [5.41, 5.74) is 3.37. The molecule has 1 N–H and O–H groups in total. The Morgan fingerprint density at radius 3 is 1.74 bits per heavy atom. The van der Waals surface area contributed by atoms with Gasteiger partial charge in [-0.3, -0.25) is 9.59 Å². The third-order valence-corrected chi connectivity index (χ3v) is 8.79. The molecule has 2 amide bonds. The number of amides is 2. The molecule has 5 heteroatoms. The molecule has 5 nitrogen and oxygen atoms in total. The molecule has 0 bridgehead atoms. The van der Waals surface area contributed by atoms with Crippen molar-refractivity contribution >= 4 is 66.6 Å². The Morgan fingerprint density at radius 2 is 1.17 bits per heavy atom. The second kappa shape index (κ2) is 8.39. The van der Waals surface area contributed by atoms with Crippen LogP contribution in [0.4, 0.5) is 5.69 Å². The molecule has 0 spiro atoms. The average Bonchev–Trinajstić information content (AvgIpc) is 2.93. The number of imide groups is 1. The first kappa shape index (κ1) is 26.1. The molecule has 6 aromatic carbocycles. The quantitative estimate of drug-likeness (QED) is 0.132. The van der Waals surface area contributed by atoms with Gasteiger partial charge in [0.1, 0.15) is 0 Å². The van der Waals surface area contributed by atoms with Crippen LogP contribution in [0.5, 0.6) is 0 Å². The Hall–Kier alpha value is -4.77. The number of carboxylic acid groups (broad SMARTS) is 1. The predicted octanol–water partition coefficient (Wildman–Crippen LogP) is 8.83. The van der Waals surface area contributed by atoms with Gasteiger partial charge in [0.05, 0.1) is 11.3 Å². The Kier molecular flexibility index (Phi) is 5.22. The van der Waals surface area contributed by atoms with E-state index in [1.54, 1.807) is 6.07 Å². The molecule has 1 aliphatic rings. The van der Waals surface area contributed by atoms with E-state index >= 15 is 0 Å². The van der Waals surface area contributed by atoms with Gasteiger partial charge in [0.25, 0.3) is 11.8 Å². The first-order valence-electron chi connectivity index (χ1n) is 14.2. The highest BCUT2D eigenvalue weighted by molar-refractivity contribution is 6.42. The summed E-state index contributed by atoms with van der Waals surface area (Å²) < 4.78 is 0. The summed E-state index contributed by atoms with van der Waals surface area (Å²) in [7, 11) is 0. The maximum Gasteiger partial charge on any atom is 0.336 e. The lowest BCUT2D eigenvalue weighted by Gasteiger charge is -2.34. The first-order valence-corrected chi connectivity index (χ1v) is 14.2. The van der Waals surface area contributed by atoms with Crippen molar-refractivity contribution in [3.63, 3.8) is 0 Å². The lowest BCUT2D eigenvalue weighted by Crippen LogP contribution is -2.42. The number of anilines is 1. The Labute approximate surface area is 243 Å². The molecule has 0 aromatic heterocycles. The van der Waals surface area contributed by atoms with E-state index in [-0.39, 0.29) is 28.2 Å². The highest BCUT2D eigenvalue weighted by Gasteiger charge is 2.38. The average molecular weight is 554 g/mol. The summed E-state index contributed by atoms with van der Waals surface area (Å²) in [6.45, 7) is 12.6. The standard InChI is InChI=1S/C37H31NO4/c1-36(2,3)19-10-17-28(37(4,5)6)29(18-19)38-33(39)26-15-12-23-20-8-7-9-21-25(35(41)42)14-11-22(30(20)21)24-13-16-27(34(38)40)32(26)31(23)24/h7-18H,1-6H3,(H,41,42). The van der Waals surface area contributed by atoms with E-state index in [2.05, 4.69) is 53.7 Å². The van der Waals surface area contributed by atoms with E-state index < -0.39 is 5.97 Å². The maximum atomic E-state index is 14.4. The summed E-state index contributed by atoms with van der Waals surface area (Å²) in [6, 6.07) is 22.8. The summed E-state index contributed by atoms with van der Waals surface area (Å²) in [5.74, 6) is -1.65. The minimum Gasteiger partial charge on any atom is -0.478 e. The molecule has 0 aliphatic carbocycles. The van der Waals surface area contributed by atoms with Gasteiger partial charge < -0.3 is 5.11 Å². The SMILES string of the molecule is CC(C)(C)c1ccc(C(C)(C)C)c(N2C(=O)c3ccc4c5cccc6c(C(=O)O)ccc(c7ccc(c3c47)C2=O)c65)c1. The van der Waals surface area contributed by atoms with Crippen LogP contribution in [0.15, 0.2) is 72.8 Å². The number of rotatable bonds is 2. The molecular formula is C37H31NO4. The van der Waals surface area contributed by atoms with Crippen molar-refractivity contribution in [2.45, 2.75) is 52.4 Å². The topological polar surface area (TPSA) is 74.7 Å². The van der Waals surface area contributed by atoms with Crippen molar-refractivity contribution in [1.82, 2.24) is 0 Å². The zero-order valence-corrected chi connectivity index (χ0v) is 24.5. The van der Waals surface area contributed by atoms with Gasteiger partial charge >= 0.3 is 5.97 Å². The maximum absolute atomic E-state index is 14.4.